The minimum absolute atomic E-state index is 0.805. The maximum absolute atomic E-state index is 4.37. The van der Waals surface area contributed by atoms with Crippen LogP contribution in [0.1, 0.15) is 4.88 Å². The van der Waals surface area contributed by atoms with E-state index in [1.54, 1.807) is 22.2 Å². The van der Waals surface area contributed by atoms with Gasteiger partial charge in [0.15, 0.2) is 5.82 Å². The van der Waals surface area contributed by atoms with Crippen LogP contribution in [0.5, 0.6) is 0 Å². The van der Waals surface area contributed by atoms with E-state index in [-0.39, 0.29) is 0 Å². The third kappa shape index (κ3) is 3.02. The van der Waals surface area contributed by atoms with Gasteiger partial charge in [-0.3, -0.25) is 0 Å². The second kappa shape index (κ2) is 5.54. The first-order valence-electron chi connectivity index (χ1n) is 5.75. The van der Waals surface area contributed by atoms with E-state index in [1.165, 1.54) is 4.88 Å². The van der Waals surface area contributed by atoms with E-state index in [1.807, 2.05) is 30.6 Å². The highest BCUT2D eigenvalue weighted by molar-refractivity contribution is 9.11. The van der Waals surface area contributed by atoms with Crippen LogP contribution in [0.3, 0.4) is 0 Å². The van der Waals surface area contributed by atoms with Crippen molar-refractivity contribution in [2.75, 3.05) is 5.32 Å². The maximum atomic E-state index is 4.37. The molecule has 96 valence electrons. The summed E-state index contributed by atoms with van der Waals surface area (Å²) in [4.78, 5) is 5.65. The third-order valence-corrected chi connectivity index (χ3v) is 4.21. The van der Waals surface area contributed by atoms with Crippen molar-refractivity contribution in [1.82, 2.24) is 14.8 Å². The maximum Gasteiger partial charge on any atom is 0.153 e. The summed E-state index contributed by atoms with van der Waals surface area (Å²) in [5, 5.41) is 7.49. The first kappa shape index (κ1) is 12.4. The van der Waals surface area contributed by atoms with Crippen LogP contribution in [-0.2, 0) is 6.54 Å². The van der Waals surface area contributed by atoms with Crippen LogP contribution in [-0.4, -0.2) is 14.8 Å². The molecule has 0 aliphatic carbocycles. The van der Waals surface area contributed by atoms with Gasteiger partial charge in [-0.05, 0) is 46.3 Å². The van der Waals surface area contributed by atoms with Crippen molar-refractivity contribution >= 4 is 33.0 Å². The average molecular weight is 335 g/mol. The normalized spacial score (nSPS) is 10.6. The Morgan fingerprint density at radius 3 is 2.84 bits per heavy atom. The van der Waals surface area contributed by atoms with E-state index >= 15 is 0 Å². The minimum Gasteiger partial charge on any atom is -0.379 e. The monoisotopic (exact) mass is 334 g/mol. The van der Waals surface area contributed by atoms with Crippen molar-refractivity contribution in [2.24, 2.45) is 0 Å². The lowest BCUT2D eigenvalue weighted by Crippen LogP contribution is -2.01. The third-order valence-electron chi connectivity index (χ3n) is 2.58. The van der Waals surface area contributed by atoms with Crippen LogP contribution in [0.2, 0.25) is 0 Å². The summed E-state index contributed by atoms with van der Waals surface area (Å²) in [6.07, 6.45) is 5.43. The molecule has 3 heterocycles. The quantitative estimate of drug-likeness (QED) is 0.790. The number of hydrogen-bond donors (Lipinski definition) is 1. The Labute approximate surface area is 123 Å². The lowest BCUT2D eigenvalue weighted by molar-refractivity contribution is 0.847. The fourth-order valence-corrected chi connectivity index (χ4v) is 3.09. The summed E-state index contributed by atoms with van der Waals surface area (Å²) >= 11 is 5.19. The van der Waals surface area contributed by atoms with Crippen LogP contribution >= 0.6 is 27.3 Å². The molecule has 0 bridgehead atoms. The van der Waals surface area contributed by atoms with Gasteiger partial charge >= 0.3 is 0 Å². The lowest BCUT2D eigenvalue weighted by atomic mass is 10.4. The zero-order valence-corrected chi connectivity index (χ0v) is 12.4. The van der Waals surface area contributed by atoms with Gasteiger partial charge in [0.2, 0.25) is 0 Å². The minimum atomic E-state index is 0.805. The summed E-state index contributed by atoms with van der Waals surface area (Å²) in [7, 11) is 0. The SMILES string of the molecule is Brc1ccc(CNc2ccc(-n3cccn3)nc2)s1. The van der Waals surface area contributed by atoms with Crippen molar-refractivity contribution in [3.8, 4) is 5.82 Å². The van der Waals surface area contributed by atoms with Crippen molar-refractivity contribution in [3.05, 3.63) is 57.6 Å². The fraction of sp³-hybridized carbons (Fsp3) is 0.0769. The van der Waals surface area contributed by atoms with Gasteiger partial charge in [0.1, 0.15) is 0 Å². The molecule has 0 radical (unpaired) electrons. The van der Waals surface area contributed by atoms with Gasteiger partial charge < -0.3 is 5.32 Å². The lowest BCUT2D eigenvalue weighted by Gasteiger charge is -2.05. The Kier molecular flexibility index (Phi) is 3.61. The number of rotatable bonds is 4. The predicted molar refractivity (Wildman–Crippen MR) is 80.7 cm³/mol. The van der Waals surface area contributed by atoms with Gasteiger partial charge in [-0.2, -0.15) is 5.10 Å². The number of nitrogens with zero attached hydrogens (tertiary/aromatic N) is 3. The van der Waals surface area contributed by atoms with E-state index in [0.717, 1.165) is 21.8 Å². The fourth-order valence-electron chi connectivity index (χ4n) is 1.67. The highest BCUT2D eigenvalue weighted by Gasteiger charge is 2.00. The molecule has 0 fully saturated rings. The van der Waals surface area contributed by atoms with Crippen LogP contribution in [0.15, 0.2) is 52.7 Å². The van der Waals surface area contributed by atoms with E-state index in [2.05, 4.69) is 43.5 Å². The van der Waals surface area contributed by atoms with Crippen LogP contribution < -0.4 is 5.32 Å². The zero-order valence-electron chi connectivity index (χ0n) is 9.95. The highest BCUT2D eigenvalue weighted by atomic mass is 79.9. The molecule has 0 saturated heterocycles. The second-order valence-corrected chi connectivity index (χ2v) is 6.46. The summed E-state index contributed by atoms with van der Waals surface area (Å²) < 4.78 is 2.89. The summed E-state index contributed by atoms with van der Waals surface area (Å²) in [5.41, 5.74) is 1.00. The number of aromatic nitrogens is 3. The van der Waals surface area contributed by atoms with Crippen molar-refractivity contribution in [3.63, 3.8) is 0 Å². The van der Waals surface area contributed by atoms with Crippen LogP contribution in [0.25, 0.3) is 5.82 Å². The molecule has 0 unspecified atom stereocenters. The van der Waals surface area contributed by atoms with E-state index in [9.17, 15) is 0 Å². The zero-order chi connectivity index (χ0) is 13.1. The first-order valence-corrected chi connectivity index (χ1v) is 7.36. The largest absolute Gasteiger partial charge is 0.379 e. The van der Waals surface area contributed by atoms with Gasteiger partial charge in [-0.25, -0.2) is 9.67 Å². The van der Waals surface area contributed by atoms with E-state index in [4.69, 9.17) is 0 Å². The number of pyridine rings is 1. The van der Waals surface area contributed by atoms with Crippen molar-refractivity contribution < 1.29 is 0 Å². The van der Waals surface area contributed by atoms with Gasteiger partial charge in [0.25, 0.3) is 0 Å². The molecule has 3 aromatic rings. The van der Waals surface area contributed by atoms with Crippen LogP contribution in [0.4, 0.5) is 5.69 Å². The number of hydrogen-bond acceptors (Lipinski definition) is 4. The molecule has 3 rings (SSSR count). The molecule has 6 heteroatoms. The Hall–Kier alpha value is -1.66. The summed E-state index contributed by atoms with van der Waals surface area (Å²) in [5.74, 6) is 0.814. The molecule has 4 nitrogen and oxygen atoms in total. The van der Waals surface area contributed by atoms with E-state index < -0.39 is 0 Å². The molecule has 3 aromatic heterocycles. The smallest absolute Gasteiger partial charge is 0.153 e. The molecule has 1 N–H and O–H groups in total. The second-order valence-electron chi connectivity index (χ2n) is 3.92. The number of nitrogens with one attached hydrogen (secondary N) is 1. The Morgan fingerprint density at radius 2 is 2.21 bits per heavy atom. The average Bonchev–Trinajstić information content (AvgIpc) is 3.08. The number of thiophene rings is 1. The first-order chi connectivity index (χ1) is 9.31. The van der Waals surface area contributed by atoms with Gasteiger partial charge in [-0.15, -0.1) is 11.3 Å². The van der Waals surface area contributed by atoms with Crippen LogP contribution in [0, 0.1) is 0 Å². The molecule has 0 aliphatic rings. The molecule has 0 atom stereocenters. The Balaban J connectivity index is 1.66. The molecular weight excluding hydrogens is 324 g/mol. The topological polar surface area (TPSA) is 42.7 Å². The number of anilines is 1. The molecule has 0 saturated carbocycles. The summed E-state index contributed by atoms with van der Waals surface area (Å²) in [6, 6.07) is 9.99. The highest BCUT2D eigenvalue weighted by Crippen LogP contribution is 2.22. The molecule has 19 heavy (non-hydrogen) atoms. The van der Waals surface area contributed by atoms with Gasteiger partial charge in [0, 0.05) is 23.8 Å². The number of halogens is 1. The van der Waals surface area contributed by atoms with E-state index in [0.29, 0.717) is 0 Å². The molecule has 0 spiro atoms. The predicted octanol–water partition coefficient (Wildman–Crippen LogP) is 3.70. The molecule has 0 aromatic carbocycles. The Morgan fingerprint density at radius 1 is 1.26 bits per heavy atom. The van der Waals surface area contributed by atoms with Gasteiger partial charge in [0.05, 0.1) is 15.7 Å². The molecular formula is C13H11BrN4S. The van der Waals surface area contributed by atoms with Crippen molar-refractivity contribution in [2.45, 2.75) is 6.54 Å². The standard InChI is InChI=1S/C13H11BrN4S/c14-12-4-3-11(19-12)9-15-10-2-5-13(16-8-10)18-7-1-6-17-18/h1-8,15H,9H2. The van der Waals surface area contributed by atoms with Gasteiger partial charge in [-0.1, -0.05) is 0 Å². The van der Waals surface area contributed by atoms with Crippen molar-refractivity contribution in [1.29, 1.82) is 0 Å². The summed E-state index contributed by atoms with van der Waals surface area (Å²) in [6.45, 7) is 0.805. The molecule has 0 amide bonds. The Bertz CT molecular complexity index is 646. The molecule has 0 aliphatic heterocycles.